The first-order chi connectivity index (χ1) is 14.0. The number of Topliss-reactive ketones (excluding diaryl/α,β-unsaturated/α-hetero) is 1. The number of benzene rings is 2. The number of aromatic nitrogens is 2. The van der Waals surface area contributed by atoms with Gasteiger partial charge >= 0.3 is 5.69 Å². The zero-order valence-corrected chi connectivity index (χ0v) is 16.0. The van der Waals surface area contributed by atoms with Crippen LogP contribution in [-0.2, 0) is 6.42 Å². The summed E-state index contributed by atoms with van der Waals surface area (Å²) < 4.78 is 27.3. The van der Waals surface area contributed by atoms with E-state index < -0.39 is 11.5 Å². The van der Waals surface area contributed by atoms with Gasteiger partial charge in [-0.2, -0.15) is 0 Å². The first-order valence-corrected chi connectivity index (χ1v) is 9.89. The molecule has 1 fully saturated rings. The fourth-order valence-electron chi connectivity index (χ4n) is 4.03. The lowest BCUT2D eigenvalue weighted by molar-refractivity contribution is 0.0947. The van der Waals surface area contributed by atoms with Crippen molar-refractivity contribution in [3.05, 3.63) is 69.6 Å². The van der Waals surface area contributed by atoms with E-state index in [1.54, 1.807) is 0 Å². The lowest BCUT2D eigenvalue weighted by Gasteiger charge is -2.31. The number of carbonyl (C=O) groups excluding carboxylic acids is 1. The molecule has 0 unspecified atom stereocenters. The van der Waals surface area contributed by atoms with Crippen LogP contribution >= 0.6 is 0 Å². The molecule has 1 aliphatic heterocycles. The number of carbonyl (C=O) groups is 1. The highest BCUT2D eigenvalue weighted by molar-refractivity contribution is 5.99. The van der Waals surface area contributed by atoms with Crippen molar-refractivity contribution >= 4 is 16.8 Å². The lowest BCUT2D eigenvalue weighted by Crippen LogP contribution is -2.35. The largest absolute Gasteiger partial charge is 0.323 e. The quantitative estimate of drug-likeness (QED) is 0.622. The van der Waals surface area contributed by atoms with E-state index >= 15 is 0 Å². The van der Waals surface area contributed by atoms with E-state index in [0.29, 0.717) is 23.5 Å². The molecule has 0 bridgehead atoms. The molecule has 0 atom stereocenters. The molecule has 1 aromatic heterocycles. The highest BCUT2D eigenvalue weighted by Gasteiger charge is 2.21. The third kappa shape index (κ3) is 4.62. The Bertz CT molecular complexity index is 1060. The molecule has 29 heavy (non-hydrogen) atoms. The number of H-pyrrole nitrogens is 2. The van der Waals surface area contributed by atoms with Crippen LogP contribution in [0.15, 0.2) is 41.2 Å². The maximum atomic E-state index is 14.2. The molecule has 3 aromatic rings. The number of aromatic amines is 2. The predicted molar refractivity (Wildman–Crippen MR) is 107 cm³/mol. The molecule has 2 N–H and O–H groups in total. The van der Waals surface area contributed by atoms with E-state index in [1.807, 2.05) is 12.1 Å². The Balaban J connectivity index is 1.29. The zero-order chi connectivity index (χ0) is 20.4. The van der Waals surface area contributed by atoms with Crippen LogP contribution in [0.4, 0.5) is 8.78 Å². The second-order valence-corrected chi connectivity index (χ2v) is 7.75. The molecule has 0 spiro atoms. The number of hydrogen-bond acceptors (Lipinski definition) is 3. The van der Waals surface area contributed by atoms with Crippen LogP contribution < -0.4 is 5.69 Å². The van der Waals surface area contributed by atoms with Crippen molar-refractivity contribution in [1.29, 1.82) is 0 Å². The van der Waals surface area contributed by atoms with Crippen molar-refractivity contribution in [2.24, 2.45) is 5.92 Å². The van der Waals surface area contributed by atoms with Gasteiger partial charge in [-0.3, -0.25) is 4.79 Å². The van der Waals surface area contributed by atoms with Crippen molar-refractivity contribution in [3.63, 3.8) is 0 Å². The summed E-state index contributed by atoms with van der Waals surface area (Å²) in [6.45, 7) is 2.38. The number of ketones is 1. The van der Waals surface area contributed by atoms with E-state index in [-0.39, 0.29) is 23.6 Å². The first kappa shape index (κ1) is 19.5. The number of rotatable bonds is 6. The summed E-state index contributed by atoms with van der Waals surface area (Å²) in [5.74, 6) is -0.542. The van der Waals surface area contributed by atoms with Gasteiger partial charge in [-0.1, -0.05) is 12.1 Å². The SMILES string of the molecule is O=C(CCN1CCC(Cc2ccc(F)cc2)CC1)c1cc2[nH]c(=O)[nH]c2cc1F. The smallest absolute Gasteiger partial charge is 0.306 e. The van der Waals surface area contributed by atoms with Crippen LogP contribution in [0.2, 0.25) is 0 Å². The standard InChI is InChI=1S/C22H23F2N3O2/c23-16-3-1-14(2-4-16)11-15-5-8-27(9-6-15)10-7-21(28)17-12-19-20(13-18(17)24)26-22(29)25-19/h1-4,12-13,15H,5-11H2,(H2,25,26,29). The normalized spacial score (nSPS) is 15.8. The molecule has 2 aromatic carbocycles. The molecule has 1 saturated heterocycles. The molecule has 4 rings (SSSR count). The van der Waals surface area contributed by atoms with Crippen molar-refractivity contribution < 1.29 is 13.6 Å². The van der Waals surface area contributed by atoms with Gasteiger partial charge in [-0.15, -0.1) is 0 Å². The van der Waals surface area contributed by atoms with E-state index in [9.17, 15) is 18.4 Å². The van der Waals surface area contributed by atoms with Crippen LogP contribution in [0.25, 0.3) is 11.0 Å². The predicted octanol–water partition coefficient (Wildman–Crippen LogP) is 3.66. The van der Waals surface area contributed by atoms with Crippen molar-refractivity contribution in [2.45, 2.75) is 25.7 Å². The van der Waals surface area contributed by atoms with Crippen LogP contribution in [0.3, 0.4) is 0 Å². The Morgan fingerprint density at radius 3 is 2.38 bits per heavy atom. The number of piperidine rings is 1. The Morgan fingerprint density at radius 2 is 1.69 bits per heavy atom. The molecule has 7 heteroatoms. The third-order valence-corrected chi connectivity index (χ3v) is 5.70. The van der Waals surface area contributed by atoms with Crippen LogP contribution in [-0.4, -0.2) is 40.3 Å². The van der Waals surface area contributed by atoms with Gasteiger partial charge in [0.15, 0.2) is 5.78 Å². The number of imidazole rings is 1. The van der Waals surface area contributed by atoms with Crippen molar-refractivity contribution in [2.75, 3.05) is 19.6 Å². The Hall–Kier alpha value is -2.80. The zero-order valence-electron chi connectivity index (χ0n) is 16.0. The van der Waals surface area contributed by atoms with Gasteiger partial charge in [-0.25, -0.2) is 13.6 Å². The highest BCUT2D eigenvalue weighted by Crippen LogP contribution is 2.23. The minimum atomic E-state index is -0.615. The maximum absolute atomic E-state index is 14.2. The molecule has 152 valence electrons. The van der Waals surface area contributed by atoms with Gasteiger partial charge in [0.1, 0.15) is 11.6 Å². The average Bonchev–Trinajstić information content (AvgIpc) is 3.07. The third-order valence-electron chi connectivity index (χ3n) is 5.70. The molecular formula is C22H23F2N3O2. The molecule has 1 aliphatic rings. The number of nitrogens with one attached hydrogen (secondary N) is 2. The number of nitrogens with zero attached hydrogens (tertiary/aromatic N) is 1. The maximum Gasteiger partial charge on any atom is 0.323 e. The van der Waals surface area contributed by atoms with Crippen molar-refractivity contribution in [3.8, 4) is 0 Å². The van der Waals surface area contributed by atoms with E-state index in [2.05, 4.69) is 14.9 Å². The fourth-order valence-corrected chi connectivity index (χ4v) is 4.03. The van der Waals surface area contributed by atoms with E-state index in [0.717, 1.165) is 37.9 Å². The van der Waals surface area contributed by atoms with Gasteiger partial charge in [0.05, 0.1) is 16.6 Å². The summed E-state index contributed by atoms with van der Waals surface area (Å²) in [6, 6.07) is 9.25. The Labute approximate surface area is 166 Å². The highest BCUT2D eigenvalue weighted by atomic mass is 19.1. The first-order valence-electron chi connectivity index (χ1n) is 9.89. The molecule has 5 nitrogen and oxygen atoms in total. The average molecular weight is 399 g/mol. The van der Waals surface area contributed by atoms with Crippen LogP contribution in [0.1, 0.15) is 35.2 Å². The number of likely N-dealkylation sites (tertiary alicyclic amines) is 1. The Morgan fingerprint density at radius 1 is 1.03 bits per heavy atom. The van der Waals surface area contributed by atoms with Crippen LogP contribution in [0.5, 0.6) is 0 Å². The topological polar surface area (TPSA) is 69.0 Å². The summed E-state index contributed by atoms with van der Waals surface area (Å²) >= 11 is 0. The van der Waals surface area contributed by atoms with Crippen molar-refractivity contribution in [1.82, 2.24) is 14.9 Å². The summed E-state index contributed by atoms with van der Waals surface area (Å²) in [6.07, 6.45) is 3.22. The monoisotopic (exact) mass is 399 g/mol. The molecule has 0 amide bonds. The lowest BCUT2D eigenvalue weighted by atomic mass is 9.90. The van der Waals surface area contributed by atoms with Gasteiger partial charge in [0.25, 0.3) is 0 Å². The molecule has 0 aliphatic carbocycles. The summed E-state index contributed by atoms with van der Waals surface area (Å²) in [5, 5.41) is 0. The van der Waals surface area contributed by atoms with Crippen LogP contribution in [0, 0.1) is 17.6 Å². The van der Waals surface area contributed by atoms with E-state index in [4.69, 9.17) is 0 Å². The van der Waals surface area contributed by atoms with Gasteiger partial charge in [-0.05, 0) is 62.0 Å². The fraction of sp³-hybridized carbons (Fsp3) is 0.364. The number of fused-ring (bicyclic) bond motifs is 1. The minimum Gasteiger partial charge on any atom is -0.306 e. The molecule has 2 heterocycles. The number of halogens is 2. The van der Waals surface area contributed by atoms with Gasteiger partial charge < -0.3 is 14.9 Å². The number of hydrogen-bond donors (Lipinski definition) is 2. The van der Waals surface area contributed by atoms with E-state index in [1.165, 1.54) is 24.3 Å². The second kappa shape index (κ2) is 8.29. The minimum absolute atomic E-state index is 0.0129. The van der Waals surface area contributed by atoms with Gasteiger partial charge in [0.2, 0.25) is 0 Å². The summed E-state index contributed by atoms with van der Waals surface area (Å²) in [5.41, 5.74) is 1.52. The molecule has 0 saturated carbocycles. The second-order valence-electron chi connectivity index (χ2n) is 7.75. The Kier molecular flexibility index (Phi) is 5.58. The molecule has 0 radical (unpaired) electrons. The summed E-state index contributed by atoms with van der Waals surface area (Å²) in [4.78, 5) is 31.1. The van der Waals surface area contributed by atoms with Gasteiger partial charge in [0, 0.05) is 19.0 Å². The summed E-state index contributed by atoms with van der Waals surface area (Å²) in [7, 11) is 0. The molecular weight excluding hydrogens is 376 g/mol.